The highest BCUT2D eigenvalue weighted by Gasteiger charge is 2.67. The largest absolute Gasteiger partial charge is 0.481 e. The molecule has 2 saturated carbocycles. The first-order valence-electron chi connectivity index (χ1n) is 4.68. The minimum atomic E-state index is -0.857. The summed E-state index contributed by atoms with van der Waals surface area (Å²) in [4.78, 5) is 22.5. The van der Waals surface area contributed by atoms with Gasteiger partial charge in [0.1, 0.15) is 6.10 Å². The number of halogens is 1. The minimum Gasteiger partial charge on any atom is -0.481 e. The molecule has 0 aromatic heterocycles. The Labute approximate surface area is 88.7 Å². The molecule has 0 aromatic carbocycles. The number of rotatable bonds is 1. The standard InChI is InChI=1S/C9H9BrO4/c10-6-2-1-3-5(4(2)8(11)12)9(13)14-7(3)6/h2-7H,1H2,(H,11,12). The van der Waals surface area contributed by atoms with Crippen LogP contribution in [0.3, 0.4) is 0 Å². The van der Waals surface area contributed by atoms with Crippen LogP contribution in [0.15, 0.2) is 0 Å². The van der Waals surface area contributed by atoms with Gasteiger partial charge in [-0.3, -0.25) is 9.59 Å². The molecule has 0 amide bonds. The van der Waals surface area contributed by atoms with Crippen molar-refractivity contribution in [2.24, 2.45) is 23.7 Å². The summed E-state index contributed by atoms with van der Waals surface area (Å²) in [6, 6.07) is 0. The van der Waals surface area contributed by atoms with Gasteiger partial charge in [0.15, 0.2) is 0 Å². The first kappa shape index (κ1) is 8.71. The molecule has 1 heterocycles. The monoisotopic (exact) mass is 260 g/mol. The van der Waals surface area contributed by atoms with Crippen LogP contribution in [-0.4, -0.2) is 28.0 Å². The van der Waals surface area contributed by atoms with Crippen LogP contribution in [0.4, 0.5) is 0 Å². The second-order valence-corrected chi connectivity index (χ2v) is 5.36. The summed E-state index contributed by atoms with van der Waals surface area (Å²) in [5.41, 5.74) is 0. The van der Waals surface area contributed by atoms with Crippen LogP contribution < -0.4 is 0 Å². The fourth-order valence-electron chi connectivity index (χ4n) is 3.31. The second-order valence-electron chi connectivity index (χ2n) is 4.30. The Morgan fingerprint density at radius 3 is 2.86 bits per heavy atom. The smallest absolute Gasteiger partial charge is 0.310 e. The number of alkyl halides is 1. The topological polar surface area (TPSA) is 63.6 Å². The van der Waals surface area contributed by atoms with E-state index < -0.39 is 11.9 Å². The van der Waals surface area contributed by atoms with Crippen LogP contribution in [-0.2, 0) is 14.3 Å². The van der Waals surface area contributed by atoms with Crippen molar-refractivity contribution in [3.63, 3.8) is 0 Å². The molecule has 14 heavy (non-hydrogen) atoms. The number of ether oxygens (including phenoxy) is 1. The van der Waals surface area contributed by atoms with Gasteiger partial charge in [0, 0.05) is 5.92 Å². The van der Waals surface area contributed by atoms with Crippen molar-refractivity contribution in [1.82, 2.24) is 0 Å². The zero-order valence-corrected chi connectivity index (χ0v) is 8.81. The highest BCUT2D eigenvalue weighted by Crippen LogP contribution is 2.59. The molecule has 1 aliphatic heterocycles. The van der Waals surface area contributed by atoms with Crippen LogP contribution >= 0.6 is 15.9 Å². The Morgan fingerprint density at radius 1 is 1.50 bits per heavy atom. The number of hydrogen-bond donors (Lipinski definition) is 1. The molecule has 5 heteroatoms. The fraction of sp³-hybridized carbons (Fsp3) is 0.778. The van der Waals surface area contributed by atoms with Gasteiger partial charge >= 0.3 is 11.9 Å². The van der Waals surface area contributed by atoms with Gasteiger partial charge in [-0.1, -0.05) is 15.9 Å². The molecule has 3 fully saturated rings. The van der Waals surface area contributed by atoms with Gasteiger partial charge < -0.3 is 9.84 Å². The molecular weight excluding hydrogens is 252 g/mol. The SMILES string of the molecule is O=C(O)C1C2CC3C(OC(=O)C31)C2Br. The van der Waals surface area contributed by atoms with Crippen molar-refractivity contribution < 1.29 is 19.4 Å². The molecule has 6 atom stereocenters. The molecule has 1 N–H and O–H groups in total. The lowest BCUT2D eigenvalue weighted by atomic mass is 9.80. The molecule has 2 bridgehead atoms. The van der Waals surface area contributed by atoms with Gasteiger partial charge in [-0.2, -0.15) is 0 Å². The summed E-state index contributed by atoms with van der Waals surface area (Å²) in [5, 5.41) is 9.06. The second kappa shape index (κ2) is 2.51. The molecule has 6 unspecified atom stereocenters. The molecule has 76 valence electrons. The van der Waals surface area contributed by atoms with Crippen LogP contribution in [0, 0.1) is 23.7 Å². The quantitative estimate of drug-likeness (QED) is 0.555. The van der Waals surface area contributed by atoms with E-state index in [1.165, 1.54) is 0 Å². The van der Waals surface area contributed by atoms with Crippen LogP contribution in [0.1, 0.15) is 6.42 Å². The third kappa shape index (κ3) is 0.798. The number of aliphatic carboxylic acids is 1. The summed E-state index contributed by atoms with van der Waals surface area (Å²) in [5.74, 6) is -1.87. The van der Waals surface area contributed by atoms with Crippen molar-refractivity contribution in [3.8, 4) is 0 Å². The van der Waals surface area contributed by atoms with Crippen molar-refractivity contribution in [3.05, 3.63) is 0 Å². The molecule has 4 nitrogen and oxygen atoms in total. The van der Waals surface area contributed by atoms with E-state index in [1.807, 2.05) is 0 Å². The Bertz CT molecular complexity index is 329. The van der Waals surface area contributed by atoms with Gasteiger partial charge in [0.2, 0.25) is 0 Å². The molecule has 2 aliphatic carbocycles. The summed E-state index contributed by atoms with van der Waals surface area (Å²) in [7, 11) is 0. The predicted octanol–water partition coefficient (Wildman–Crippen LogP) is 0.642. The Balaban J connectivity index is 2.04. The molecule has 3 aliphatic rings. The zero-order chi connectivity index (χ0) is 10.0. The van der Waals surface area contributed by atoms with Crippen molar-refractivity contribution >= 4 is 27.9 Å². The average Bonchev–Trinajstić information content (AvgIpc) is 2.67. The average molecular weight is 261 g/mol. The van der Waals surface area contributed by atoms with E-state index in [4.69, 9.17) is 9.84 Å². The van der Waals surface area contributed by atoms with Gasteiger partial charge in [-0.15, -0.1) is 0 Å². The van der Waals surface area contributed by atoms with Crippen molar-refractivity contribution in [2.45, 2.75) is 17.4 Å². The molecule has 0 spiro atoms. The number of esters is 1. The molecule has 3 rings (SSSR count). The maximum atomic E-state index is 11.4. The molecule has 0 radical (unpaired) electrons. The van der Waals surface area contributed by atoms with E-state index >= 15 is 0 Å². The third-order valence-electron chi connectivity index (χ3n) is 3.81. The van der Waals surface area contributed by atoms with Crippen molar-refractivity contribution in [2.75, 3.05) is 0 Å². The highest BCUT2D eigenvalue weighted by atomic mass is 79.9. The third-order valence-corrected chi connectivity index (χ3v) is 5.01. The first-order chi connectivity index (χ1) is 6.61. The number of carboxylic acids is 1. The summed E-state index contributed by atoms with van der Waals surface area (Å²) >= 11 is 3.44. The maximum Gasteiger partial charge on any atom is 0.310 e. The minimum absolute atomic E-state index is 0.0382. The van der Waals surface area contributed by atoms with Gasteiger partial charge in [-0.25, -0.2) is 0 Å². The predicted molar refractivity (Wildman–Crippen MR) is 48.8 cm³/mol. The summed E-state index contributed by atoms with van der Waals surface area (Å²) < 4.78 is 5.18. The Hall–Kier alpha value is -0.580. The first-order valence-corrected chi connectivity index (χ1v) is 5.60. The lowest BCUT2D eigenvalue weighted by Gasteiger charge is -2.25. The van der Waals surface area contributed by atoms with E-state index in [0.29, 0.717) is 0 Å². The van der Waals surface area contributed by atoms with Gasteiger partial charge in [0.25, 0.3) is 0 Å². The summed E-state index contributed by atoms with van der Waals surface area (Å²) in [6.45, 7) is 0. The van der Waals surface area contributed by atoms with Crippen LogP contribution in [0.25, 0.3) is 0 Å². The number of carboxylic acid groups (broad SMARTS) is 1. The number of fused-ring (bicyclic) bond motifs is 1. The van der Waals surface area contributed by atoms with E-state index in [1.54, 1.807) is 0 Å². The molecule has 1 saturated heterocycles. The van der Waals surface area contributed by atoms with E-state index in [2.05, 4.69) is 15.9 Å². The maximum absolute atomic E-state index is 11.4. The Morgan fingerprint density at radius 2 is 2.21 bits per heavy atom. The lowest BCUT2D eigenvalue weighted by Crippen LogP contribution is -2.37. The van der Waals surface area contributed by atoms with E-state index in [-0.39, 0.29) is 34.7 Å². The molecule has 0 aromatic rings. The van der Waals surface area contributed by atoms with E-state index in [9.17, 15) is 9.59 Å². The van der Waals surface area contributed by atoms with Gasteiger partial charge in [-0.05, 0) is 12.3 Å². The normalized spacial score (nSPS) is 53.6. The number of carbonyl (C=O) groups is 2. The lowest BCUT2D eigenvalue weighted by molar-refractivity contribution is -0.151. The number of hydrogen-bond acceptors (Lipinski definition) is 3. The van der Waals surface area contributed by atoms with Crippen LogP contribution in [0.2, 0.25) is 0 Å². The van der Waals surface area contributed by atoms with E-state index in [0.717, 1.165) is 6.42 Å². The van der Waals surface area contributed by atoms with Crippen molar-refractivity contribution in [1.29, 1.82) is 0 Å². The van der Waals surface area contributed by atoms with Crippen LogP contribution in [0.5, 0.6) is 0 Å². The highest BCUT2D eigenvalue weighted by molar-refractivity contribution is 9.09. The fourth-order valence-corrected chi connectivity index (χ4v) is 4.35. The summed E-state index contributed by atoms with van der Waals surface area (Å²) in [6.07, 6.45) is 0.738. The Kier molecular flexibility index (Phi) is 1.56. The zero-order valence-electron chi connectivity index (χ0n) is 7.22. The molecular formula is C9H9BrO4. The van der Waals surface area contributed by atoms with Gasteiger partial charge in [0.05, 0.1) is 16.7 Å². The number of carbonyl (C=O) groups excluding carboxylic acids is 1.